The van der Waals surface area contributed by atoms with Gasteiger partial charge in [0.15, 0.2) is 0 Å². The third-order valence-electron chi connectivity index (χ3n) is 3.34. The molecule has 1 aliphatic heterocycles. The third-order valence-corrected chi connectivity index (χ3v) is 3.58. The lowest BCUT2D eigenvalue weighted by molar-refractivity contribution is -0.130. The molecule has 92 valence electrons. The number of carbonyl (C=O) groups is 1. The van der Waals surface area contributed by atoms with Gasteiger partial charge < -0.3 is 10.6 Å². The molecule has 0 spiro atoms. The van der Waals surface area contributed by atoms with Crippen molar-refractivity contribution >= 4 is 17.5 Å². The maximum atomic E-state index is 11.4. The fraction of sp³-hybridized carbons (Fsp3) is 0.462. The van der Waals surface area contributed by atoms with Crippen LogP contribution in [0, 0.1) is 0 Å². The molecule has 1 amide bonds. The molecule has 0 atom stereocenters. The number of amides is 1. The topological polar surface area (TPSA) is 46.3 Å². The molecule has 1 aliphatic rings. The van der Waals surface area contributed by atoms with Crippen LogP contribution in [0.15, 0.2) is 24.3 Å². The Kier molecular flexibility index (Phi) is 4.02. The maximum Gasteiger partial charge on any atom is 0.236 e. The van der Waals surface area contributed by atoms with Crippen LogP contribution in [0.25, 0.3) is 0 Å². The van der Waals surface area contributed by atoms with E-state index in [1.807, 2.05) is 23.1 Å². The first-order chi connectivity index (χ1) is 8.20. The van der Waals surface area contributed by atoms with Gasteiger partial charge in [0.25, 0.3) is 0 Å². The quantitative estimate of drug-likeness (QED) is 0.875. The molecule has 0 bridgehead atoms. The number of carbonyl (C=O) groups excluding carboxylic acids is 1. The summed E-state index contributed by atoms with van der Waals surface area (Å²) in [5, 5.41) is 0.781. The van der Waals surface area contributed by atoms with Crippen LogP contribution in [0.3, 0.4) is 0 Å². The number of benzene rings is 1. The molecule has 1 saturated heterocycles. The van der Waals surface area contributed by atoms with Gasteiger partial charge in [0.05, 0.1) is 6.54 Å². The molecule has 0 radical (unpaired) electrons. The Balaban J connectivity index is 1.97. The lowest BCUT2D eigenvalue weighted by Crippen LogP contribution is -2.41. The van der Waals surface area contributed by atoms with Gasteiger partial charge in [-0.3, -0.25) is 4.79 Å². The van der Waals surface area contributed by atoms with E-state index in [2.05, 4.69) is 6.07 Å². The first-order valence-electron chi connectivity index (χ1n) is 5.94. The summed E-state index contributed by atoms with van der Waals surface area (Å²) < 4.78 is 0. The molecular weight excluding hydrogens is 236 g/mol. The van der Waals surface area contributed by atoms with E-state index in [0.717, 1.165) is 31.0 Å². The average molecular weight is 253 g/mol. The molecular formula is C13H17ClN2O. The second-order valence-corrected chi connectivity index (χ2v) is 4.85. The molecule has 1 heterocycles. The molecule has 1 aromatic rings. The first kappa shape index (κ1) is 12.4. The minimum Gasteiger partial charge on any atom is -0.342 e. The second-order valence-electron chi connectivity index (χ2n) is 4.41. The number of piperidine rings is 1. The number of rotatable bonds is 2. The Labute approximate surface area is 107 Å². The smallest absolute Gasteiger partial charge is 0.236 e. The Morgan fingerprint density at radius 1 is 1.41 bits per heavy atom. The van der Waals surface area contributed by atoms with Crippen molar-refractivity contribution in [2.75, 3.05) is 19.6 Å². The van der Waals surface area contributed by atoms with Crippen LogP contribution in [0.4, 0.5) is 0 Å². The summed E-state index contributed by atoms with van der Waals surface area (Å²) in [6, 6.07) is 8.00. The number of nitrogens with zero attached hydrogens (tertiary/aromatic N) is 1. The molecule has 4 heteroatoms. The van der Waals surface area contributed by atoms with E-state index in [0.29, 0.717) is 5.92 Å². The van der Waals surface area contributed by atoms with E-state index in [4.69, 9.17) is 17.3 Å². The largest absolute Gasteiger partial charge is 0.342 e. The van der Waals surface area contributed by atoms with Crippen LogP contribution in [0.2, 0.25) is 5.02 Å². The van der Waals surface area contributed by atoms with Crippen molar-refractivity contribution in [3.05, 3.63) is 34.9 Å². The number of hydrogen-bond acceptors (Lipinski definition) is 2. The van der Waals surface area contributed by atoms with Crippen molar-refractivity contribution in [1.82, 2.24) is 4.90 Å². The number of nitrogens with two attached hydrogens (primary N) is 1. The number of halogens is 1. The van der Waals surface area contributed by atoms with Gasteiger partial charge in [-0.2, -0.15) is 0 Å². The lowest BCUT2D eigenvalue weighted by atomic mass is 9.89. The van der Waals surface area contributed by atoms with Crippen molar-refractivity contribution in [2.45, 2.75) is 18.8 Å². The fourth-order valence-electron chi connectivity index (χ4n) is 2.35. The molecule has 0 aliphatic carbocycles. The van der Waals surface area contributed by atoms with Crippen molar-refractivity contribution in [3.63, 3.8) is 0 Å². The van der Waals surface area contributed by atoms with E-state index in [1.165, 1.54) is 5.56 Å². The summed E-state index contributed by atoms with van der Waals surface area (Å²) in [5.74, 6) is 0.560. The summed E-state index contributed by atoms with van der Waals surface area (Å²) in [7, 11) is 0. The summed E-state index contributed by atoms with van der Waals surface area (Å²) >= 11 is 5.98. The zero-order valence-electron chi connectivity index (χ0n) is 9.73. The van der Waals surface area contributed by atoms with E-state index in [1.54, 1.807) is 0 Å². The molecule has 0 saturated carbocycles. The molecule has 0 unspecified atom stereocenters. The van der Waals surface area contributed by atoms with Gasteiger partial charge >= 0.3 is 0 Å². The minimum atomic E-state index is 0.0505. The van der Waals surface area contributed by atoms with E-state index < -0.39 is 0 Å². The average Bonchev–Trinajstić information content (AvgIpc) is 2.38. The second kappa shape index (κ2) is 5.52. The van der Waals surface area contributed by atoms with E-state index in [-0.39, 0.29) is 12.5 Å². The lowest BCUT2D eigenvalue weighted by Gasteiger charge is -2.32. The molecule has 1 fully saturated rings. The van der Waals surface area contributed by atoms with Gasteiger partial charge in [-0.25, -0.2) is 0 Å². The van der Waals surface area contributed by atoms with Crippen LogP contribution < -0.4 is 5.73 Å². The zero-order valence-corrected chi connectivity index (χ0v) is 10.5. The predicted octanol–water partition coefficient (Wildman–Crippen LogP) is 2.00. The molecule has 2 rings (SSSR count). The van der Waals surface area contributed by atoms with Crippen LogP contribution >= 0.6 is 11.6 Å². The van der Waals surface area contributed by atoms with Gasteiger partial charge in [-0.1, -0.05) is 23.7 Å². The van der Waals surface area contributed by atoms with E-state index in [9.17, 15) is 4.79 Å². The Hall–Kier alpha value is -1.06. The SMILES string of the molecule is NCC(=O)N1CCC(c2cccc(Cl)c2)CC1. The number of hydrogen-bond donors (Lipinski definition) is 1. The summed E-state index contributed by atoms with van der Waals surface area (Å²) in [5.41, 5.74) is 6.64. The van der Waals surface area contributed by atoms with Crippen LogP contribution in [0.5, 0.6) is 0 Å². The summed E-state index contributed by atoms with van der Waals surface area (Å²) in [6.45, 7) is 1.71. The van der Waals surface area contributed by atoms with Gasteiger partial charge in [0, 0.05) is 18.1 Å². The van der Waals surface area contributed by atoms with Gasteiger partial charge in [-0.15, -0.1) is 0 Å². The monoisotopic (exact) mass is 252 g/mol. The van der Waals surface area contributed by atoms with E-state index >= 15 is 0 Å². The van der Waals surface area contributed by atoms with Gasteiger partial charge in [0.2, 0.25) is 5.91 Å². The Bertz CT molecular complexity index is 400. The summed E-state index contributed by atoms with van der Waals surface area (Å²) in [4.78, 5) is 13.3. The normalized spacial score (nSPS) is 17.2. The molecule has 1 aromatic carbocycles. The zero-order chi connectivity index (χ0) is 12.3. The predicted molar refractivity (Wildman–Crippen MR) is 69.1 cm³/mol. The molecule has 2 N–H and O–H groups in total. The standard InChI is InChI=1S/C13H17ClN2O/c14-12-3-1-2-11(8-12)10-4-6-16(7-5-10)13(17)9-15/h1-3,8,10H,4-7,9,15H2. The highest BCUT2D eigenvalue weighted by atomic mass is 35.5. The third kappa shape index (κ3) is 2.99. The highest BCUT2D eigenvalue weighted by molar-refractivity contribution is 6.30. The van der Waals surface area contributed by atoms with Gasteiger partial charge in [0.1, 0.15) is 0 Å². The highest BCUT2D eigenvalue weighted by Crippen LogP contribution is 2.29. The minimum absolute atomic E-state index is 0.0505. The van der Waals surface area contributed by atoms with Crippen molar-refractivity contribution in [3.8, 4) is 0 Å². The Morgan fingerprint density at radius 3 is 2.71 bits per heavy atom. The molecule has 17 heavy (non-hydrogen) atoms. The maximum absolute atomic E-state index is 11.4. The number of likely N-dealkylation sites (tertiary alicyclic amines) is 1. The summed E-state index contributed by atoms with van der Waals surface area (Å²) in [6.07, 6.45) is 1.98. The van der Waals surface area contributed by atoms with Gasteiger partial charge in [-0.05, 0) is 36.5 Å². The molecule has 0 aromatic heterocycles. The van der Waals surface area contributed by atoms with Crippen LogP contribution in [-0.4, -0.2) is 30.4 Å². The Morgan fingerprint density at radius 2 is 2.12 bits per heavy atom. The first-order valence-corrected chi connectivity index (χ1v) is 6.32. The molecule has 3 nitrogen and oxygen atoms in total. The highest BCUT2D eigenvalue weighted by Gasteiger charge is 2.22. The van der Waals surface area contributed by atoms with Crippen molar-refractivity contribution in [2.24, 2.45) is 5.73 Å². The van der Waals surface area contributed by atoms with Crippen molar-refractivity contribution < 1.29 is 4.79 Å². The fourth-order valence-corrected chi connectivity index (χ4v) is 2.55. The van der Waals surface area contributed by atoms with Crippen LogP contribution in [-0.2, 0) is 4.79 Å². The van der Waals surface area contributed by atoms with Crippen molar-refractivity contribution in [1.29, 1.82) is 0 Å². The van der Waals surface area contributed by atoms with Crippen LogP contribution in [0.1, 0.15) is 24.3 Å².